The Bertz CT molecular complexity index is 185. The molecule has 0 aliphatic carbocycles. The highest BCUT2D eigenvalue weighted by Gasteiger charge is 2.02. The van der Waals surface area contributed by atoms with Gasteiger partial charge in [-0.3, -0.25) is 0 Å². The summed E-state index contributed by atoms with van der Waals surface area (Å²) in [6.07, 6.45) is 0.860. The fourth-order valence-electron chi connectivity index (χ4n) is 0.748. The Hall–Kier alpha value is -0.653. The van der Waals surface area contributed by atoms with E-state index < -0.39 is 9.28 Å². The zero-order valence-corrected chi connectivity index (χ0v) is 12.2. The van der Waals surface area contributed by atoms with Crippen molar-refractivity contribution in [1.29, 1.82) is 0 Å². The summed E-state index contributed by atoms with van der Waals surface area (Å²) in [6, 6.07) is 1.05. The lowest BCUT2D eigenvalue weighted by molar-refractivity contribution is -0.138. The monoisotopic (exact) mass is 248 g/mol. The summed E-state index contributed by atoms with van der Waals surface area (Å²) in [7, 11) is 2.23. The second kappa shape index (κ2) is 12.4. The van der Waals surface area contributed by atoms with Crippen LogP contribution >= 0.6 is 0 Å². The minimum atomic E-state index is -1.17. The molecule has 0 saturated carbocycles. The van der Waals surface area contributed by atoms with Crippen LogP contribution in [0.25, 0.3) is 0 Å². The van der Waals surface area contributed by atoms with Gasteiger partial charge in [0.2, 0.25) is 0 Å². The SMILES string of the molecule is C=C(C)C(=O)OCCC.CC[SiH](OC)OC. The average molecular weight is 248 g/mol. The molecule has 4 nitrogen and oxygen atoms in total. The first-order chi connectivity index (χ1) is 7.53. The van der Waals surface area contributed by atoms with Gasteiger partial charge in [-0.05, 0) is 19.4 Å². The van der Waals surface area contributed by atoms with Crippen LogP contribution in [0.1, 0.15) is 27.2 Å². The first-order valence-corrected chi connectivity index (χ1v) is 7.17. The minimum absolute atomic E-state index is 0.295. The molecule has 0 heterocycles. The molecule has 0 bridgehead atoms. The Labute approximate surface area is 100 Å². The van der Waals surface area contributed by atoms with Crippen molar-refractivity contribution in [2.24, 2.45) is 0 Å². The van der Waals surface area contributed by atoms with Crippen LogP contribution in [0.3, 0.4) is 0 Å². The summed E-state index contributed by atoms with van der Waals surface area (Å²) in [6.45, 7) is 9.59. The second-order valence-electron chi connectivity index (χ2n) is 3.23. The molecule has 5 heteroatoms. The summed E-state index contributed by atoms with van der Waals surface area (Å²) < 4.78 is 14.6. The molecule has 0 spiro atoms. The van der Waals surface area contributed by atoms with Crippen LogP contribution in [0.2, 0.25) is 6.04 Å². The van der Waals surface area contributed by atoms with Crippen LogP contribution in [0.5, 0.6) is 0 Å². The van der Waals surface area contributed by atoms with Gasteiger partial charge < -0.3 is 13.6 Å². The smallest absolute Gasteiger partial charge is 0.333 e. The molecule has 0 N–H and O–H groups in total. The van der Waals surface area contributed by atoms with E-state index in [4.69, 9.17) is 13.6 Å². The first-order valence-electron chi connectivity index (χ1n) is 5.41. The van der Waals surface area contributed by atoms with E-state index in [-0.39, 0.29) is 5.97 Å². The summed E-state index contributed by atoms with van der Waals surface area (Å²) in [4.78, 5) is 10.6. The molecule has 0 fully saturated rings. The van der Waals surface area contributed by atoms with Gasteiger partial charge in [-0.1, -0.05) is 20.4 Å². The Balaban J connectivity index is 0. The first kappa shape index (κ1) is 17.7. The Morgan fingerprint density at radius 3 is 1.94 bits per heavy atom. The third-order valence-corrected chi connectivity index (χ3v) is 3.36. The average Bonchev–Trinajstić information content (AvgIpc) is 2.29. The maximum absolute atomic E-state index is 10.6. The molecule has 0 amide bonds. The van der Waals surface area contributed by atoms with Gasteiger partial charge in [-0.2, -0.15) is 0 Å². The number of ether oxygens (including phenoxy) is 1. The van der Waals surface area contributed by atoms with Crippen LogP contribution in [0, 0.1) is 0 Å². The lowest BCUT2D eigenvalue weighted by Crippen LogP contribution is -2.16. The third kappa shape index (κ3) is 11.4. The molecular weight excluding hydrogens is 224 g/mol. The maximum Gasteiger partial charge on any atom is 0.333 e. The number of hydrogen-bond donors (Lipinski definition) is 0. The fraction of sp³-hybridized carbons (Fsp3) is 0.727. The van der Waals surface area contributed by atoms with Crippen molar-refractivity contribution in [1.82, 2.24) is 0 Å². The normalized spacial score (nSPS) is 9.38. The van der Waals surface area contributed by atoms with E-state index in [0.717, 1.165) is 12.5 Å². The highest BCUT2D eigenvalue weighted by atomic mass is 28.3. The minimum Gasteiger partial charge on any atom is -0.462 e. The lowest BCUT2D eigenvalue weighted by atomic mass is 10.4. The van der Waals surface area contributed by atoms with Gasteiger partial charge in [0.1, 0.15) is 0 Å². The summed E-state index contributed by atoms with van der Waals surface area (Å²) in [5.41, 5.74) is 0.462. The number of hydrogen-bond acceptors (Lipinski definition) is 4. The van der Waals surface area contributed by atoms with Crippen molar-refractivity contribution in [3.63, 3.8) is 0 Å². The van der Waals surface area contributed by atoms with E-state index in [2.05, 4.69) is 13.5 Å². The number of carbonyl (C=O) groups is 1. The van der Waals surface area contributed by atoms with E-state index in [1.54, 1.807) is 21.1 Å². The van der Waals surface area contributed by atoms with Gasteiger partial charge in [0.15, 0.2) is 0 Å². The number of esters is 1. The van der Waals surface area contributed by atoms with Crippen molar-refractivity contribution < 1.29 is 18.4 Å². The highest BCUT2D eigenvalue weighted by molar-refractivity contribution is 6.44. The quantitative estimate of drug-likeness (QED) is 0.410. The van der Waals surface area contributed by atoms with Gasteiger partial charge in [-0.25, -0.2) is 4.79 Å². The summed E-state index contributed by atoms with van der Waals surface area (Å²) >= 11 is 0. The molecular formula is C11H24O4Si. The maximum atomic E-state index is 10.6. The topological polar surface area (TPSA) is 44.8 Å². The van der Waals surface area contributed by atoms with Gasteiger partial charge in [0, 0.05) is 19.8 Å². The largest absolute Gasteiger partial charge is 0.462 e. The molecule has 0 radical (unpaired) electrons. The predicted molar refractivity (Wildman–Crippen MR) is 67.7 cm³/mol. The lowest BCUT2D eigenvalue weighted by Gasteiger charge is -2.05. The molecule has 0 aromatic rings. The summed E-state index contributed by atoms with van der Waals surface area (Å²) in [5, 5.41) is 0. The molecule has 0 rings (SSSR count). The van der Waals surface area contributed by atoms with E-state index >= 15 is 0 Å². The number of rotatable bonds is 6. The fourth-order valence-corrected chi connectivity index (χ4v) is 1.61. The van der Waals surface area contributed by atoms with Crippen molar-refractivity contribution in [3.05, 3.63) is 12.2 Å². The van der Waals surface area contributed by atoms with Crippen LogP contribution in [-0.2, 0) is 18.4 Å². The molecule has 96 valence electrons. The van der Waals surface area contributed by atoms with Crippen molar-refractivity contribution in [2.75, 3.05) is 20.8 Å². The van der Waals surface area contributed by atoms with Crippen molar-refractivity contribution >= 4 is 15.3 Å². The van der Waals surface area contributed by atoms with Gasteiger partial charge in [0.25, 0.3) is 0 Å². The molecule has 0 saturated heterocycles. The van der Waals surface area contributed by atoms with Gasteiger partial charge in [-0.15, -0.1) is 0 Å². The zero-order chi connectivity index (χ0) is 13.0. The van der Waals surface area contributed by atoms with Crippen LogP contribution < -0.4 is 0 Å². The van der Waals surface area contributed by atoms with E-state index in [0.29, 0.717) is 12.2 Å². The molecule has 0 aromatic carbocycles. The standard InChI is InChI=1S/C7H12O2.C4H12O2Si/c1-4-5-9-7(8)6(2)3;1-4-7(5-2)6-3/h2,4-5H2,1,3H3;7H,4H2,1-3H3. The molecule has 0 unspecified atom stereocenters. The van der Waals surface area contributed by atoms with Gasteiger partial charge in [0.05, 0.1) is 6.61 Å². The highest BCUT2D eigenvalue weighted by Crippen LogP contribution is 1.92. The van der Waals surface area contributed by atoms with Crippen LogP contribution in [-0.4, -0.2) is 36.1 Å². The number of carbonyl (C=O) groups excluding carboxylic acids is 1. The van der Waals surface area contributed by atoms with Crippen LogP contribution in [0.4, 0.5) is 0 Å². The van der Waals surface area contributed by atoms with E-state index in [1.165, 1.54) is 0 Å². The molecule has 0 aromatic heterocycles. The Morgan fingerprint density at radius 2 is 1.75 bits per heavy atom. The zero-order valence-electron chi connectivity index (χ0n) is 11.0. The van der Waals surface area contributed by atoms with Crippen molar-refractivity contribution in [3.8, 4) is 0 Å². The molecule has 0 aliphatic heterocycles. The molecule has 0 aliphatic rings. The van der Waals surface area contributed by atoms with Gasteiger partial charge >= 0.3 is 15.3 Å². The van der Waals surface area contributed by atoms with Crippen molar-refractivity contribution in [2.45, 2.75) is 33.2 Å². The van der Waals surface area contributed by atoms with E-state index in [1.807, 2.05) is 6.92 Å². The molecule has 0 atom stereocenters. The van der Waals surface area contributed by atoms with Crippen LogP contribution in [0.15, 0.2) is 12.2 Å². The summed E-state index contributed by atoms with van der Waals surface area (Å²) in [5.74, 6) is -0.295. The van der Waals surface area contributed by atoms with E-state index in [9.17, 15) is 4.79 Å². The Kier molecular flexibility index (Phi) is 13.8. The predicted octanol–water partition coefficient (Wildman–Crippen LogP) is 2.04. The Morgan fingerprint density at radius 1 is 1.25 bits per heavy atom. The second-order valence-corrected chi connectivity index (χ2v) is 5.84. The molecule has 16 heavy (non-hydrogen) atoms. The third-order valence-electron chi connectivity index (χ3n) is 1.64.